The molecule has 14 heteroatoms. The maximum Gasteiger partial charge on any atom is 0.389 e. The number of anilines is 1. The van der Waals surface area contributed by atoms with Crippen molar-refractivity contribution in [3.05, 3.63) is 65.0 Å². The first-order chi connectivity index (χ1) is 18.6. The summed E-state index contributed by atoms with van der Waals surface area (Å²) in [6.07, 6.45) is -16.6. The Hall–Kier alpha value is -3.97. The molecule has 0 fully saturated rings. The summed E-state index contributed by atoms with van der Waals surface area (Å²) >= 11 is 0. The average Bonchev–Trinajstić information content (AvgIpc) is 2.97. The summed E-state index contributed by atoms with van der Waals surface area (Å²) in [5, 5.41) is 4.76. The fourth-order valence-electron chi connectivity index (χ4n) is 4.35. The zero-order chi connectivity index (χ0) is 29.8. The number of para-hydroxylation sites is 1. The fraction of sp³-hybridized carbons (Fsp3) is 0.385. The van der Waals surface area contributed by atoms with E-state index in [0.717, 1.165) is 12.1 Å². The van der Waals surface area contributed by atoms with E-state index >= 15 is 0 Å². The van der Waals surface area contributed by atoms with Crippen molar-refractivity contribution in [3.8, 4) is 0 Å². The predicted molar refractivity (Wildman–Crippen MR) is 131 cm³/mol. The molecule has 40 heavy (non-hydrogen) atoms. The molecule has 3 atom stereocenters. The van der Waals surface area contributed by atoms with Crippen LogP contribution in [0.25, 0.3) is 0 Å². The van der Waals surface area contributed by atoms with Crippen LogP contribution in [0.15, 0.2) is 47.5 Å². The molecular formula is C26H25F7N4O3. The van der Waals surface area contributed by atoms with Crippen LogP contribution in [-0.4, -0.2) is 42.0 Å². The van der Waals surface area contributed by atoms with Crippen LogP contribution in [0.1, 0.15) is 42.4 Å². The highest BCUT2D eigenvalue weighted by Gasteiger charge is 2.40. The molecule has 0 aliphatic carbocycles. The molecular weight excluding hydrogens is 549 g/mol. The standard InChI is InChI=1S/C26H25F7N4O3/c1-13-3-2-4-18-19(13)36-24(40)22(35-20(18)14-5-7-15(27)8-6-14)37-23(39)17(10-12-26(31,32)33)16(21(34)38)9-11-25(28,29)30/h2-8,16-17,22H,9-12H2,1H3,(H2,34,38)(H,36,40)(H,37,39)/t16?,17?,22-/m1/s1. The third-order valence-electron chi connectivity index (χ3n) is 6.34. The Bertz CT molecular complexity index is 1290. The van der Waals surface area contributed by atoms with Crippen LogP contribution < -0.4 is 16.4 Å². The average molecular weight is 574 g/mol. The number of rotatable bonds is 9. The Morgan fingerprint density at radius 1 is 0.975 bits per heavy atom. The molecule has 1 aliphatic heterocycles. The summed E-state index contributed by atoms with van der Waals surface area (Å²) in [5.74, 6) is -8.01. The Kier molecular flexibility index (Phi) is 9.21. The molecule has 0 saturated carbocycles. The highest BCUT2D eigenvalue weighted by atomic mass is 19.4. The molecule has 2 aromatic carbocycles. The summed E-state index contributed by atoms with van der Waals surface area (Å²) in [6, 6.07) is 9.91. The number of amides is 3. The van der Waals surface area contributed by atoms with E-state index in [0.29, 0.717) is 22.4 Å². The monoisotopic (exact) mass is 574 g/mol. The Morgan fingerprint density at radius 3 is 2.10 bits per heavy atom. The van der Waals surface area contributed by atoms with Gasteiger partial charge in [0.05, 0.1) is 11.4 Å². The largest absolute Gasteiger partial charge is 0.389 e. The van der Waals surface area contributed by atoms with E-state index in [9.17, 15) is 45.1 Å². The van der Waals surface area contributed by atoms with Gasteiger partial charge in [-0.25, -0.2) is 9.38 Å². The van der Waals surface area contributed by atoms with Gasteiger partial charge >= 0.3 is 12.4 Å². The van der Waals surface area contributed by atoms with Gasteiger partial charge in [-0.15, -0.1) is 0 Å². The van der Waals surface area contributed by atoms with E-state index in [1.165, 1.54) is 12.1 Å². The van der Waals surface area contributed by atoms with E-state index in [1.807, 2.05) is 0 Å². The van der Waals surface area contributed by atoms with Gasteiger partial charge in [-0.1, -0.05) is 18.2 Å². The molecule has 2 unspecified atom stereocenters. The number of primary amides is 1. The molecule has 1 heterocycles. The van der Waals surface area contributed by atoms with Crippen molar-refractivity contribution in [1.29, 1.82) is 0 Å². The van der Waals surface area contributed by atoms with Crippen molar-refractivity contribution < 1.29 is 45.1 Å². The molecule has 0 radical (unpaired) electrons. The minimum absolute atomic E-state index is 0.123. The number of nitrogens with one attached hydrogen (secondary N) is 2. The molecule has 3 rings (SSSR count). The SMILES string of the molecule is Cc1cccc2c1NC(=O)[C@@H](NC(=O)C(CCC(F)(F)F)C(CCC(F)(F)F)C(N)=O)N=C2c1ccc(F)cc1. The van der Waals surface area contributed by atoms with Gasteiger partial charge in [-0.05, 0) is 49.6 Å². The number of nitrogens with two attached hydrogens (primary N) is 1. The van der Waals surface area contributed by atoms with Gasteiger partial charge in [0.25, 0.3) is 5.91 Å². The van der Waals surface area contributed by atoms with Gasteiger partial charge in [0.1, 0.15) is 5.82 Å². The molecule has 1 aliphatic rings. The molecule has 2 aromatic rings. The Balaban J connectivity index is 2.01. The normalized spacial score (nSPS) is 17.1. The van der Waals surface area contributed by atoms with Crippen LogP contribution in [-0.2, 0) is 14.4 Å². The Morgan fingerprint density at radius 2 is 1.55 bits per heavy atom. The smallest absolute Gasteiger partial charge is 0.369 e. The Labute approximate surface area is 224 Å². The van der Waals surface area contributed by atoms with Crippen LogP contribution in [0, 0.1) is 24.6 Å². The first kappa shape index (κ1) is 30.6. The number of nitrogens with zero attached hydrogens (tertiary/aromatic N) is 1. The van der Waals surface area contributed by atoms with Gasteiger partial charge in [0, 0.05) is 35.8 Å². The number of benzodiazepines with no additional fused rings is 1. The zero-order valence-electron chi connectivity index (χ0n) is 21.0. The van der Waals surface area contributed by atoms with Crippen molar-refractivity contribution in [2.75, 3.05) is 5.32 Å². The van der Waals surface area contributed by atoms with E-state index in [1.54, 1.807) is 25.1 Å². The predicted octanol–water partition coefficient (Wildman–Crippen LogP) is 4.77. The summed E-state index contributed by atoms with van der Waals surface area (Å²) in [5.41, 5.74) is 6.96. The van der Waals surface area contributed by atoms with Crippen molar-refractivity contribution >= 4 is 29.1 Å². The number of hydrogen-bond acceptors (Lipinski definition) is 4. The van der Waals surface area contributed by atoms with Crippen molar-refractivity contribution in [2.45, 2.75) is 51.1 Å². The van der Waals surface area contributed by atoms with E-state index in [2.05, 4.69) is 15.6 Å². The van der Waals surface area contributed by atoms with Gasteiger partial charge < -0.3 is 16.4 Å². The van der Waals surface area contributed by atoms with Crippen molar-refractivity contribution in [3.63, 3.8) is 0 Å². The second kappa shape index (κ2) is 12.0. The quantitative estimate of drug-likeness (QED) is 0.375. The lowest BCUT2D eigenvalue weighted by Crippen LogP contribution is -2.48. The fourth-order valence-corrected chi connectivity index (χ4v) is 4.35. The van der Waals surface area contributed by atoms with Crippen LogP contribution in [0.5, 0.6) is 0 Å². The number of carbonyl (C=O) groups is 3. The highest BCUT2D eigenvalue weighted by molar-refractivity contribution is 6.20. The maximum atomic E-state index is 13.6. The number of aryl methyl sites for hydroxylation is 1. The minimum atomic E-state index is -4.79. The van der Waals surface area contributed by atoms with Gasteiger partial charge in [-0.3, -0.25) is 14.4 Å². The van der Waals surface area contributed by atoms with Crippen LogP contribution in [0.3, 0.4) is 0 Å². The first-order valence-electron chi connectivity index (χ1n) is 12.0. The van der Waals surface area contributed by atoms with Crippen molar-refractivity contribution in [2.24, 2.45) is 22.6 Å². The summed E-state index contributed by atoms with van der Waals surface area (Å²) in [7, 11) is 0. The zero-order valence-corrected chi connectivity index (χ0v) is 21.0. The number of benzene rings is 2. The number of aliphatic imine (C=N–C) groups is 1. The third-order valence-corrected chi connectivity index (χ3v) is 6.34. The number of carbonyl (C=O) groups excluding carboxylic acids is 3. The second-order valence-corrected chi connectivity index (χ2v) is 9.31. The number of fused-ring (bicyclic) bond motifs is 1. The maximum absolute atomic E-state index is 13.6. The lowest BCUT2D eigenvalue weighted by atomic mass is 9.83. The van der Waals surface area contributed by atoms with E-state index in [4.69, 9.17) is 5.73 Å². The first-order valence-corrected chi connectivity index (χ1v) is 12.0. The number of hydrogen-bond donors (Lipinski definition) is 3. The topological polar surface area (TPSA) is 114 Å². The van der Waals surface area contributed by atoms with Gasteiger partial charge in [0.15, 0.2) is 0 Å². The molecule has 216 valence electrons. The van der Waals surface area contributed by atoms with Crippen LogP contribution in [0.2, 0.25) is 0 Å². The van der Waals surface area contributed by atoms with Gasteiger partial charge in [0.2, 0.25) is 18.0 Å². The molecule has 4 N–H and O–H groups in total. The minimum Gasteiger partial charge on any atom is -0.369 e. The third kappa shape index (κ3) is 8.02. The lowest BCUT2D eigenvalue weighted by Gasteiger charge is -2.26. The molecule has 0 saturated heterocycles. The van der Waals surface area contributed by atoms with Crippen LogP contribution in [0.4, 0.5) is 36.4 Å². The van der Waals surface area contributed by atoms with Gasteiger partial charge in [-0.2, -0.15) is 26.3 Å². The summed E-state index contributed by atoms with van der Waals surface area (Å²) < 4.78 is 91.2. The second-order valence-electron chi connectivity index (χ2n) is 9.31. The van der Waals surface area contributed by atoms with E-state index < -0.39 is 79.6 Å². The molecule has 0 aromatic heterocycles. The lowest BCUT2D eigenvalue weighted by molar-refractivity contribution is -0.152. The van der Waals surface area contributed by atoms with E-state index in [-0.39, 0.29) is 5.71 Å². The van der Waals surface area contributed by atoms with Crippen LogP contribution >= 0.6 is 0 Å². The number of halogens is 7. The molecule has 7 nitrogen and oxygen atoms in total. The van der Waals surface area contributed by atoms with Crippen molar-refractivity contribution in [1.82, 2.24) is 5.32 Å². The molecule has 0 spiro atoms. The molecule has 3 amide bonds. The number of alkyl halides is 6. The summed E-state index contributed by atoms with van der Waals surface area (Å²) in [6.45, 7) is 1.67. The highest BCUT2D eigenvalue weighted by Crippen LogP contribution is 2.33. The molecule has 0 bridgehead atoms. The summed E-state index contributed by atoms with van der Waals surface area (Å²) in [4.78, 5) is 42.6.